The van der Waals surface area contributed by atoms with Crippen LogP contribution in [-0.4, -0.2) is 22.3 Å². The number of hydrogen-bond acceptors (Lipinski definition) is 6. The topological polar surface area (TPSA) is 72.0 Å². The molecule has 3 rings (SSSR count). The predicted molar refractivity (Wildman–Crippen MR) is 89.9 cm³/mol. The molecular weight excluding hydrogens is 290 g/mol. The van der Waals surface area contributed by atoms with Crippen molar-refractivity contribution in [3.05, 3.63) is 66.4 Å². The monoisotopic (exact) mass is 307 g/mol. The molecule has 116 valence electrons. The van der Waals surface area contributed by atoms with E-state index in [1.54, 1.807) is 13.3 Å². The molecule has 23 heavy (non-hydrogen) atoms. The van der Waals surface area contributed by atoms with Crippen molar-refractivity contribution in [2.75, 3.05) is 17.7 Å². The zero-order chi connectivity index (χ0) is 15.9. The van der Waals surface area contributed by atoms with Crippen molar-refractivity contribution < 1.29 is 4.74 Å². The van der Waals surface area contributed by atoms with Gasteiger partial charge in [0, 0.05) is 18.3 Å². The molecule has 2 N–H and O–H groups in total. The Morgan fingerprint density at radius 3 is 2.74 bits per heavy atom. The van der Waals surface area contributed by atoms with Crippen LogP contribution in [0.4, 0.5) is 17.5 Å². The summed E-state index contributed by atoms with van der Waals surface area (Å²) in [6.45, 7) is 0.644. The van der Waals surface area contributed by atoms with Crippen molar-refractivity contribution >= 4 is 17.5 Å². The number of benzene rings is 2. The van der Waals surface area contributed by atoms with E-state index in [1.165, 1.54) is 0 Å². The standard InChI is InChI=1S/C17H17N5O/c1-23-15-9-5-8-14(10-15)20-16-12-19-22-17(21-16)18-11-13-6-3-2-4-7-13/h2-10,12H,11H2,1H3,(H2,18,20,21,22). The first-order valence-electron chi connectivity index (χ1n) is 7.22. The van der Waals surface area contributed by atoms with Gasteiger partial charge in [0.2, 0.25) is 5.95 Å². The highest BCUT2D eigenvalue weighted by atomic mass is 16.5. The molecule has 0 aliphatic carbocycles. The van der Waals surface area contributed by atoms with Gasteiger partial charge in [0.1, 0.15) is 5.75 Å². The van der Waals surface area contributed by atoms with Gasteiger partial charge in [0.15, 0.2) is 5.82 Å². The van der Waals surface area contributed by atoms with Crippen molar-refractivity contribution in [3.63, 3.8) is 0 Å². The molecule has 0 saturated heterocycles. The summed E-state index contributed by atoms with van der Waals surface area (Å²) >= 11 is 0. The highest BCUT2D eigenvalue weighted by molar-refractivity contribution is 5.58. The second-order valence-corrected chi connectivity index (χ2v) is 4.86. The fourth-order valence-electron chi connectivity index (χ4n) is 2.06. The first-order chi connectivity index (χ1) is 11.3. The molecule has 6 heteroatoms. The molecule has 0 radical (unpaired) electrons. The zero-order valence-electron chi connectivity index (χ0n) is 12.7. The van der Waals surface area contributed by atoms with E-state index in [-0.39, 0.29) is 0 Å². The molecule has 1 heterocycles. The van der Waals surface area contributed by atoms with Crippen LogP contribution in [0, 0.1) is 0 Å². The van der Waals surface area contributed by atoms with Crippen molar-refractivity contribution in [1.29, 1.82) is 0 Å². The number of nitrogens with zero attached hydrogens (tertiary/aromatic N) is 3. The summed E-state index contributed by atoms with van der Waals surface area (Å²) in [5.74, 6) is 1.87. The van der Waals surface area contributed by atoms with E-state index in [0.717, 1.165) is 17.0 Å². The lowest BCUT2D eigenvalue weighted by Gasteiger charge is -2.08. The second-order valence-electron chi connectivity index (χ2n) is 4.86. The maximum Gasteiger partial charge on any atom is 0.244 e. The average Bonchev–Trinajstić information content (AvgIpc) is 2.61. The van der Waals surface area contributed by atoms with Gasteiger partial charge in [0.05, 0.1) is 13.3 Å². The smallest absolute Gasteiger partial charge is 0.244 e. The quantitative estimate of drug-likeness (QED) is 0.728. The number of anilines is 3. The summed E-state index contributed by atoms with van der Waals surface area (Å²) < 4.78 is 5.20. The molecule has 0 unspecified atom stereocenters. The predicted octanol–water partition coefficient (Wildman–Crippen LogP) is 3.24. The lowest BCUT2D eigenvalue weighted by Crippen LogP contribution is -2.06. The Bertz CT molecular complexity index is 764. The first kappa shape index (κ1) is 14.8. The Morgan fingerprint density at radius 2 is 1.91 bits per heavy atom. The van der Waals surface area contributed by atoms with E-state index in [9.17, 15) is 0 Å². The maximum absolute atomic E-state index is 5.20. The van der Waals surface area contributed by atoms with Gasteiger partial charge in [0.25, 0.3) is 0 Å². The summed E-state index contributed by atoms with van der Waals surface area (Å²) in [6, 6.07) is 17.7. The van der Waals surface area contributed by atoms with Crippen LogP contribution < -0.4 is 15.4 Å². The van der Waals surface area contributed by atoms with Crippen LogP contribution in [-0.2, 0) is 6.54 Å². The van der Waals surface area contributed by atoms with Crippen LogP contribution in [0.5, 0.6) is 5.75 Å². The van der Waals surface area contributed by atoms with Crippen LogP contribution in [0.3, 0.4) is 0 Å². The van der Waals surface area contributed by atoms with E-state index in [1.807, 2.05) is 54.6 Å². The highest BCUT2D eigenvalue weighted by Crippen LogP contribution is 2.20. The fraction of sp³-hybridized carbons (Fsp3) is 0.118. The fourth-order valence-corrected chi connectivity index (χ4v) is 2.06. The third-order valence-corrected chi connectivity index (χ3v) is 3.19. The zero-order valence-corrected chi connectivity index (χ0v) is 12.7. The maximum atomic E-state index is 5.20. The van der Waals surface area contributed by atoms with Crippen molar-refractivity contribution in [1.82, 2.24) is 15.2 Å². The van der Waals surface area contributed by atoms with Gasteiger partial charge in [-0.05, 0) is 17.7 Å². The number of methoxy groups -OCH3 is 1. The summed E-state index contributed by atoms with van der Waals surface area (Å²) in [4.78, 5) is 4.40. The van der Waals surface area contributed by atoms with E-state index in [0.29, 0.717) is 18.3 Å². The number of ether oxygens (including phenoxy) is 1. The normalized spacial score (nSPS) is 10.1. The Hall–Kier alpha value is -3.15. The lowest BCUT2D eigenvalue weighted by molar-refractivity contribution is 0.415. The Kier molecular flexibility index (Phi) is 4.63. The van der Waals surface area contributed by atoms with Crippen LogP contribution in [0.25, 0.3) is 0 Å². The number of hydrogen-bond donors (Lipinski definition) is 2. The summed E-state index contributed by atoms with van der Waals surface area (Å²) in [6.07, 6.45) is 1.58. The number of aromatic nitrogens is 3. The average molecular weight is 307 g/mol. The Morgan fingerprint density at radius 1 is 1.04 bits per heavy atom. The molecule has 2 aromatic carbocycles. The minimum absolute atomic E-state index is 0.474. The van der Waals surface area contributed by atoms with Gasteiger partial charge in [-0.2, -0.15) is 10.1 Å². The minimum Gasteiger partial charge on any atom is -0.497 e. The summed E-state index contributed by atoms with van der Waals surface area (Å²) in [5, 5.41) is 14.3. The van der Waals surface area contributed by atoms with Crippen molar-refractivity contribution in [2.24, 2.45) is 0 Å². The molecule has 0 aliphatic heterocycles. The van der Waals surface area contributed by atoms with Crippen LogP contribution in [0.2, 0.25) is 0 Å². The Balaban J connectivity index is 1.67. The summed E-state index contributed by atoms with van der Waals surface area (Å²) in [5.41, 5.74) is 2.03. The molecule has 0 spiro atoms. The minimum atomic E-state index is 0.474. The first-order valence-corrected chi connectivity index (χ1v) is 7.22. The summed E-state index contributed by atoms with van der Waals surface area (Å²) in [7, 11) is 1.64. The van der Waals surface area contributed by atoms with Crippen LogP contribution in [0.1, 0.15) is 5.56 Å². The van der Waals surface area contributed by atoms with Gasteiger partial charge in [-0.1, -0.05) is 36.4 Å². The second kappa shape index (κ2) is 7.22. The van der Waals surface area contributed by atoms with Gasteiger partial charge < -0.3 is 15.4 Å². The largest absolute Gasteiger partial charge is 0.497 e. The van der Waals surface area contributed by atoms with Crippen molar-refractivity contribution in [3.8, 4) is 5.75 Å². The van der Waals surface area contributed by atoms with Crippen LogP contribution >= 0.6 is 0 Å². The molecule has 6 nitrogen and oxygen atoms in total. The molecule has 0 bridgehead atoms. The molecule has 0 amide bonds. The Labute approximate surface area is 134 Å². The van der Waals surface area contributed by atoms with Gasteiger partial charge >= 0.3 is 0 Å². The van der Waals surface area contributed by atoms with Gasteiger partial charge in [-0.25, -0.2) is 0 Å². The molecule has 3 aromatic rings. The van der Waals surface area contributed by atoms with Gasteiger partial charge in [-0.3, -0.25) is 0 Å². The van der Waals surface area contributed by atoms with Crippen molar-refractivity contribution in [2.45, 2.75) is 6.54 Å². The SMILES string of the molecule is COc1cccc(Nc2cnnc(NCc3ccccc3)n2)c1. The number of nitrogens with one attached hydrogen (secondary N) is 2. The van der Waals surface area contributed by atoms with E-state index in [2.05, 4.69) is 25.8 Å². The molecule has 0 aliphatic rings. The molecule has 0 fully saturated rings. The van der Waals surface area contributed by atoms with Gasteiger partial charge in [-0.15, -0.1) is 5.10 Å². The molecular formula is C17H17N5O. The van der Waals surface area contributed by atoms with E-state index < -0.39 is 0 Å². The lowest BCUT2D eigenvalue weighted by atomic mass is 10.2. The van der Waals surface area contributed by atoms with Crippen LogP contribution in [0.15, 0.2) is 60.8 Å². The molecule has 0 atom stereocenters. The third kappa shape index (κ3) is 4.16. The van der Waals surface area contributed by atoms with E-state index in [4.69, 9.17) is 4.74 Å². The third-order valence-electron chi connectivity index (χ3n) is 3.19. The molecule has 1 aromatic heterocycles. The molecule has 0 saturated carbocycles. The van der Waals surface area contributed by atoms with E-state index >= 15 is 0 Å². The highest BCUT2D eigenvalue weighted by Gasteiger charge is 2.02. The number of rotatable bonds is 6.